The zero-order chi connectivity index (χ0) is 17.7. The number of hydrogen-bond donors (Lipinski definition) is 0. The van der Waals surface area contributed by atoms with Crippen LogP contribution in [0.1, 0.15) is 25.8 Å². The number of carbonyl (C=O) groups is 2. The molecule has 0 unspecified atom stereocenters. The molecule has 0 aromatic heterocycles. The third-order valence-corrected chi connectivity index (χ3v) is 4.48. The van der Waals surface area contributed by atoms with Gasteiger partial charge in [-0.15, -0.1) is 6.58 Å². The van der Waals surface area contributed by atoms with Gasteiger partial charge in [0.2, 0.25) is 0 Å². The van der Waals surface area contributed by atoms with Crippen LogP contribution in [0, 0.1) is 0 Å². The van der Waals surface area contributed by atoms with Crippen LogP contribution in [0.3, 0.4) is 0 Å². The van der Waals surface area contributed by atoms with Gasteiger partial charge in [0.05, 0.1) is 18.1 Å². The molecule has 0 spiro atoms. The Morgan fingerprint density at radius 2 is 2.08 bits per heavy atom. The molecule has 0 radical (unpaired) electrons. The summed E-state index contributed by atoms with van der Waals surface area (Å²) in [5.41, 5.74) is 0.771. The quantitative estimate of drug-likeness (QED) is 0.549. The van der Waals surface area contributed by atoms with Gasteiger partial charge in [0.15, 0.2) is 11.5 Å². The molecular formula is C18H21NO4S. The van der Waals surface area contributed by atoms with Crippen molar-refractivity contribution in [2.24, 2.45) is 0 Å². The molecule has 1 fully saturated rings. The highest BCUT2D eigenvalue weighted by Gasteiger charge is 2.34. The Balaban J connectivity index is 2.25. The van der Waals surface area contributed by atoms with Crippen LogP contribution in [0.5, 0.6) is 11.5 Å². The maximum Gasteiger partial charge on any atom is 0.293 e. The Bertz CT molecular complexity index is 684. The van der Waals surface area contributed by atoms with Crippen molar-refractivity contribution in [2.75, 3.05) is 13.7 Å². The first-order chi connectivity index (χ1) is 11.5. The molecule has 1 aromatic carbocycles. The Kier molecular flexibility index (Phi) is 6.09. The number of methoxy groups -OCH3 is 1. The molecule has 1 saturated heterocycles. The number of imide groups is 1. The Labute approximate surface area is 146 Å². The zero-order valence-electron chi connectivity index (χ0n) is 14.1. The fraction of sp³-hybridized carbons (Fsp3) is 0.333. The molecule has 1 aliphatic heterocycles. The standard InChI is InChI=1S/C18H21NO4S/c1-5-9-19-17(20)16(24-18(19)21)11-13-7-8-14(15(10-13)22-4)23-12(3)6-2/h5,7-8,10-12H,1,6,9H2,2-4H3/b16-11+/t12-/m1/s1. The summed E-state index contributed by atoms with van der Waals surface area (Å²) in [7, 11) is 1.57. The topological polar surface area (TPSA) is 55.8 Å². The number of hydrogen-bond acceptors (Lipinski definition) is 5. The summed E-state index contributed by atoms with van der Waals surface area (Å²) >= 11 is 0.927. The van der Waals surface area contributed by atoms with Gasteiger partial charge in [-0.25, -0.2) is 0 Å². The average Bonchev–Trinajstić information content (AvgIpc) is 2.83. The van der Waals surface area contributed by atoms with Crippen molar-refractivity contribution in [3.05, 3.63) is 41.3 Å². The third kappa shape index (κ3) is 4.00. The second-order valence-corrected chi connectivity index (χ2v) is 6.32. The van der Waals surface area contributed by atoms with Crippen LogP contribution in [-0.2, 0) is 4.79 Å². The number of benzene rings is 1. The maximum atomic E-state index is 12.2. The van der Waals surface area contributed by atoms with E-state index in [4.69, 9.17) is 9.47 Å². The molecule has 0 saturated carbocycles. The van der Waals surface area contributed by atoms with Gasteiger partial charge in [-0.2, -0.15) is 0 Å². The summed E-state index contributed by atoms with van der Waals surface area (Å²) in [5, 5.41) is -0.283. The van der Waals surface area contributed by atoms with E-state index in [1.54, 1.807) is 19.3 Å². The minimum absolute atomic E-state index is 0.0835. The summed E-state index contributed by atoms with van der Waals surface area (Å²) in [4.78, 5) is 25.6. The molecule has 1 heterocycles. The molecule has 128 valence electrons. The zero-order valence-corrected chi connectivity index (χ0v) is 14.9. The Hall–Kier alpha value is -2.21. The summed E-state index contributed by atoms with van der Waals surface area (Å²) in [6, 6.07) is 5.44. The van der Waals surface area contributed by atoms with E-state index in [0.717, 1.165) is 23.7 Å². The van der Waals surface area contributed by atoms with Gasteiger partial charge in [-0.3, -0.25) is 14.5 Å². The van der Waals surface area contributed by atoms with Gasteiger partial charge in [0.1, 0.15) is 0 Å². The average molecular weight is 347 g/mol. The monoisotopic (exact) mass is 347 g/mol. The lowest BCUT2D eigenvalue weighted by atomic mass is 10.1. The van der Waals surface area contributed by atoms with Gasteiger partial charge in [-0.1, -0.05) is 19.1 Å². The fourth-order valence-corrected chi connectivity index (χ4v) is 2.96. The predicted octanol–water partition coefficient (Wildman–Crippen LogP) is 4.09. The van der Waals surface area contributed by atoms with E-state index in [-0.39, 0.29) is 23.8 Å². The van der Waals surface area contributed by atoms with Crippen molar-refractivity contribution in [1.82, 2.24) is 4.90 Å². The highest BCUT2D eigenvalue weighted by Crippen LogP contribution is 2.34. The van der Waals surface area contributed by atoms with E-state index in [1.165, 1.54) is 11.0 Å². The first-order valence-electron chi connectivity index (χ1n) is 7.71. The lowest BCUT2D eigenvalue weighted by molar-refractivity contribution is -0.122. The molecule has 2 rings (SSSR count). The molecule has 1 aromatic rings. The number of amides is 2. The van der Waals surface area contributed by atoms with Crippen LogP contribution >= 0.6 is 11.8 Å². The van der Waals surface area contributed by atoms with E-state index >= 15 is 0 Å². The molecule has 6 heteroatoms. The molecule has 0 aliphatic carbocycles. The van der Waals surface area contributed by atoms with E-state index in [0.29, 0.717) is 16.4 Å². The van der Waals surface area contributed by atoms with Crippen molar-refractivity contribution in [2.45, 2.75) is 26.4 Å². The molecule has 1 atom stereocenters. The first-order valence-corrected chi connectivity index (χ1v) is 8.52. The molecule has 2 amide bonds. The normalized spacial score (nSPS) is 17.3. The summed E-state index contributed by atoms with van der Waals surface area (Å²) < 4.78 is 11.2. The van der Waals surface area contributed by atoms with Crippen LogP contribution < -0.4 is 9.47 Å². The fourth-order valence-electron chi connectivity index (χ4n) is 2.11. The van der Waals surface area contributed by atoms with Gasteiger partial charge < -0.3 is 9.47 Å². The molecule has 24 heavy (non-hydrogen) atoms. The lowest BCUT2D eigenvalue weighted by Gasteiger charge is -2.15. The number of ether oxygens (including phenoxy) is 2. The summed E-state index contributed by atoms with van der Waals surface area (Å²) in [6.45, 7) is 7.81. The molecule has 0 bridgehead atoms. The van der Waals surface area contributed by atoms with Crippen LogP contribution in [0.4, 0.5) is 4.79 Å². The third-order valence-electron chi connectivity index (χ3n) is 3.57. The van der Waals surface area contributed by atoms with E-state index in [9.17, 15) is 9.59 Å². The Morgan fingerprint density at radius 1 is 1.33 bits per heavy atom. The van der Waals surface area contributed by atoms with Crippen LogP contribution in [0.25, 0.3) is 6.08 Å². The van der Waals surface area contributed by atoms with E-state index < -0.39 is 0 Å². The number of rotatable bonds is 7. The minimum atomic E-state index is -0.302. The van der Waals surface area contributed by atoms with Gasteiger partial charge in [0, 0.05) is 6.54 Å². The highest BCUT2D eigenvalue weighted by atomic mass is 32.2. The predicted molar refractivity (Wildman–Crippen MR) is 96.2 cm³/mol. The highest BCUT2D eigenvalue weighted by molar-refractivity contribution is 8.18. The summed E-state index contributed by atoms with van der Waals surface area (Å²) in [6.07, 6.45) is 4.19. The molecule has 5 nitrogen and oxygen atoms in total. The number of thioether (sulfide) groups is 1. The van der Waals surface area contributed by atoms with Crippen molar-refractivity contribution >= 4 is 29.0 Å². The second kappa shape index (κ2) is 8.06. The number of nitrogens with zero attached hydrogens (tertiary/aromatic N) is 1. The molecule has 1 aliphatic rings. The largest absolute Gasteiger partial charge is 0.493 e. The SMILES string of the molecule is C=CCN1C(=O)S/C(=C/c2ccc(O[C@H](C)CC)c(OC)c2)C1=O. The summed E-state index contributed by atoms with van der Waals surface area (Å²) in [5.74, 6) is 0.946. The van der Waals surface area contributed by atoms with Crippen LogP contribution in [0.15, 0.2) is 35.8 Å². The maximum absolute atomic E-state index is 12.2. The number of carbonyl (C=O) groups excluding carboxylic acids is 2. The molecular weight excluding hydrogens is 326 g/mol. The van der Waals surface area contributed by atoms with Crippen molar-refractivity contribution in [1.29, 1.82) is 0 Å². The minimum Gasteiger partial charge on any atom is -0.493 e. The smallest absolute Gasteiger partial charge is 0.293 e. The van der Waals surface area contributed by atoms with Gasteiger partial charge in [0.25, 0.3) is 11.1 Å². The van der Waals surface area contributed by atoms with E-state index in [2.05, 4.69) is 6.58 Å². The van der Waals surface area contributed by atoms with Gasteiger partial charge >= 0.3 is 0 Å². The lowest BCUT2D eigenvalue weighted by Crippen LogP contribution is -2.27. The van der Waals surface area contributed by atoms with Crippen molar-refractivity contribution in [3.8, 4) is 11.5 Å². The van der Waals surface area contributed by atoms with Gasteiger partial charge in [-0.05, 0) is 48.9 Å². The molecule has 0 N–H and O–H groups in total. The van der Waals surface area contributed by atoms with Crippen LogP contribution in [0.2, 0.25) is 0 Å². The Morgan fingerprint density at radius 3 is 2.71 bits per heavy atom. The van der Waals surface area contributed by atoms with Crippen molar-refractivity contribution in [3.63, 3.8) is 0 Å². The first kappa shape index (κ1) is 18.1. The van der Waals surface area contributed by atoms with E-state index in [1.807, 2.05) is 26.0 Å². The van der Waals surface area contributed by atoms with Crippen LogP contribution in [-0.4, -0.2) is 35.8 Å². The van der Waals surface area contributed by atoms with Crippen molar-refractivity contribution < 1.29 is 19.1 Å². The second-order valence-electron chi connectivity index (χ2n) is 5.33.